The molecule has 0 saturated carbocycles. The first-order valence-corrected chi connectivity index (χ1v) is 11.8. The van der Waals surface area contributed by atoms with Crippen molar-refractivity contribution in [2.24, 2.45) is 4.99 Å². The van der Waals surface area contributed by atoms with Crippen LogP contribution < -0.4 is 4.74 Å². The lowest BCUT2D eigenvalue weighted by molar-refractivity contribution is -0.126. The second kappa shape index (κ2) is 9.37. The van der Waals surface area contributed by atoms with Gasteiger partial charge in [0.1, 0.15) is 0 Å². The Morgan fingerprint density at radius 1 is 1.29 bits per heavy atom. The number of aliphatic imine (C=N–C) groups is 1. The molecule has 3 rings (SSSR count). The molecule has 1 aliphatic rings. The van der Waals surface area contributed by atoms with Crippen LogP contribution in [0.2, 0.25) is 0 Å². The monoisotopic (exact) mass is 465 g/mol. The minimum atomic E-state index is -3.59. The van der Waals surface area contributed by atoms with E-state index in [-0.39, 0.29) is 28.2 Å². The number of thioether (sulfide) groups is 1. The molecule has 166 valence electrons. The molecule has 1 amide bonds. The summed E-state index contributed by atoms with van der Waals surface area (Å²) in [6.07, 6.45) is 0.0161. The summed E-state index contributed by atoms with van der Waals surface area (Å²) in [7, 11) is 0.716. The fourth-order valence-electron chi connectivity index (χ4n) is 3.04. The largest absolute Gasteiger partial charge is 0.494 e. The highest BCUT2D eigenvalue weighted by atomic mass is 32.2. The van der Waals surface area contributed by atoms with E-state index in [1.807, 2.05) is 6.92 Å². The van der Waals surface area contributed by atoms with E-state index in [2.05, 4.69) is 4.99 Å². The van der Waals surface area contributed by atoms with Gasteiger partial charge in [-0.05, 0) is 35.9 Å². The summed E-state index contributed by atoms with van der Waals surface area (Å²) in [4.78, 5) is 19.1. The number of halogens is 1. The number of methoxy groups -OCH3 is 1. The van der Waals surface area contributed by atoms with Crippen molar-refractivity contribution in [3.63, 3.8) is 0 Å². The van der Waals surface area contributed by atoms with Crippen molar-refractivity contribution in [3.8, 4) is 5.75 Å². The van der Waals surface area contributed by atoms with Crippen molar-refractivity contribution in [2.75, 3.05) is 27.7 Å². The number of hydrogen-bond donors (Lipinski definition) is 0. The van der Waals surface area contributed by atoms with Crippen molar-refractivity contribution in [2.45, 2.75) is 23.5 Å². The maximum atomic E-state index is 14.0. The van der Waals surface area contributed by atoms with Gasteiger partial charge >= 0.3 is 0 Å². The molecular weight excluding hydrogens is 441 g/mol. The van der Waals surface area contributed by atoms with Crippen LogP contribution in [0.15, 0.2) is 52.4 Å². The summed E-state index contributed by atoms with van der Waals surface area (Å²) in [5, 5.41) is 0.620. The standard InChI is InChI=1S/C21H24FN3O4S2/c1-14-13-25(20(26)11-15-8-9-19(29-4)18(22)10-15)21(30-14)23-16-6-5-7-17(12-16)31(27,28)24(2)3/h5-10,12,14H,11,13H2,1-4H3. The third-order valence-electron chi connectivity index (χ3n) is 4.67. The smallest absolute Gasteiger partial charge is 0.242 e. The summed E-state index contributed by atoms with van der Waals surface area (Å²) in [6.45, 7) is 2.45. The Morgan fingerprint density at radius 2 is 2.03 bits per heavy atom. The topological polar surface area (TPSA) is 79.3 Å². The van der Waals surface area contributed by atoms with Crippen LogP contribution in [0, 0.1) is 5.82 Å². The highest BCUT2D eigenvalue weighted by Crippen LogP contribution is 2.30. The van der Waals surface area contributed by atoms with Crippen molar-refractivity contribution in [3.05, 3.63) is 53.8 Å². The van der Waals surface area contributed by atoms with E-state index in [0.717, 1.165) is 4.31 Å². The van der Waals surface area contributed by atoms with Gasteiger partial charge in [0.25, 0.3) is 0 Å². The van der Waals surface area contributed by atoms with Gasteiger partial charge in [-0.3, -0.25) is 9.69 Å². The first-order valence-electron chi connectivity index (χ1n) is 9.52. The Kier molecular flexibility index (Phi) is 7.03. The third-order valence-corrected chi connectivity index (χ3v) is 7.56. The van der Waals surface area contributed by atoms with Crippen LogP contribution in [-0.4, -0.2) is 61.7 Å². The van der Waals surface area contributed by atoms with E-state index in [9.17, 15) is 17.6 Å². The molecule has 1 heterocycles. The number of carbonyl (C=O) groups is 1. The molecular formula is C21H24FN3O4S2. The lowest BCUT2D eigenvalue weighted by Crippen LogP contribution is -2.33. The Balaban J connectivity index is 1.85. The first-order chi connectivity index (χ1) is 14.6. The SMILES string of the molecule is COc1ccc(CC(=O)N2CC(C)SC2=Nc2cccc(S(=O)(=O)N(C)C)c2)cc1F. The van der Waals surface area contributed by atoms with E-state index >= 15 is 0 Å². The van der Waals surface area contributed by atoms with Crippen LogP contribution in [0.5, 0.6) is 5.75 Å². The van der Waals surface area contributed by atoms with Crippen molar-refractivity contribution in [1.82, 2.24) is 9.21 Å². The van der Waals surface area contributed by atoms with E-state index in [4.69, 9.17) is 4.74 Å². The molecule has 0 spiro atoms. The third kappa shape index (κ3) is 5.25. The Bertz CT molecular complexity index is 1120. The predicted octanol–water partition coefficient (Wildman–Crippen LogP) is 3.28. The number of ether oxygens (including phenoxy) is 1. The van der Waals surface area contributed by atoms with Crippen molar-refractivity contribution >= 4 is 38.5 Å². The number of sulfonamides is 1. The van der Waals surface area contributed by atoms with Gasteiger partial charge in [-0.2, -0.15) is 0 Å². The summed E-state index contributed by atoms with van der Waals surface area (Å²) >= 11 is 1.44. The fourth-order valence-corrected chi connectivity index (χ4v) is 5.02. The zero-order chi connectivity index (χ0) is 22.8. The molecule has 2 aromatic rings. The second-order valence-corrected chi connectivity index (χ2v) is 10.8. The number of rotatable bonds is 6. The molecule has 0 radical (unpaired) electrons. The van der Waals surface area contributed by atoms with Gasteiger partial charge in [0.15, 0.2) is 16.7 Å². The van der Waals surface area contributed by atoms with E-state index in [1.54, 1.807) is 23.1 Å². The second-order valence-electron chi connectivity index (χ2n) is 7.26. The zero-order valence-electron chi connectivity index (χ0n) is 17.7. The Morgan fingerprint density at radius 3 is 2.68 bits per heavy atom. The van der Waals surface area contributed by atoms with Crippen LogP contribution >= 0.6 is 11.8 Å². The maximum Gasteiger partial charge on any atom is 0.242 e. The Hall–Kier alpha value is -2.43. The molecule has 10 heteroatoms. The van der Waals surface area contributed by atoms with Gasteiger partial charge in [-0.1, -0.05) is 30.8 Å². The quantitative estimate of drug-likeness (QED) is 0.654. The first kappa shape index (κ1) is 23.2. The molecule has 0 aliphatic carbocycles. The number of carbonyl (C=O) groups excluding carboxylic acids is 1. The van der Waals surface area contributed by atoms with Gasteiger partial charge in [0, 0.05) is 25.9 Å². The molecule has 1 atom stereocenters. The van der Waals surface area contributed by atoms with Gasteiger partial charge < -0.3 is 4.74 Å². The Labute approximate surface area is 186 Å². The average Bonchev–Trinajstić information content (AvgIpc) is 3.08. The van der Waals surface area contributed by atoms with Crippen LogP contribution in [-0.2, 0) is 21.2 Å². The van der Waals surface area contributed by atoms with Gasteiger partial charge in [0.2, 0.25) is 15.9 Å². The fraction of sp³-hybridized carbons (Fsp3) is 0.333. The van der Waals surface area contributed by atoms with Crippen molar-refractivity contribution in [1.29, 1.82) is 0 Å². The normalized spacial score (nSPS) is 18.1. The molecule has 7 nitrogen and oxygen atoms in total. The molecule has 1 unspecified atom stereocenters. The predicted molar refractivity (Wildman–Crippen MR) is 120 cm³/mol. The highest BCUT2D eigenvalue weighted by Gasteiger charge is 2.31. The van der Waals surface area contributed by atoms with E-state index in [1.165, 1.54) is 57.2 Å². The van der Waals surface area contributed by atoms with Crippen LogP contribution in [0.4, 0.5) is 10.1 Å². The number of amides is 1. The lowest BCUT2D eigenvalue weighted by atomic mass is 10.1. The van der Waals surface area contributed by atoms with Gasteiger partial charge in [-0.15, -0.1) is 0 Å². The van der Waals surface area contributed by atoms with Gasteiger partial charge in [-0.25, -0.2) is 22.1 Å². The van der Waals surface area contributed by atoms with Crippen LogP contribution in [0.3, 0.4) is 0 Å². The summed E-state index contributed by atoms with van der Waals surface area (Å²) in [5.74, 6) is -0.613. The van der Waals surface area contributed by atoms with Crippen LogP contribution in [0.25, 0.3) is 0 Å². The number of hydrogen-bond acceptors (Lipinski definition) is 6. The molecule has 0 aromatic heterocycles. The number of nitrogens with zero attached hydrogens (tertiary/aromatic N) is 3. The minimum Gasteiger partial charge on any atom is -0.494 e. The highest BCUT2D eigenvalue weighted by molar-refractivity contribution is 8.14. The summed E-state index contributed by atoms with van der Waals surface area (Å²) < 4.78 is 44.8. The molecule has 0 bridgehead atoms. The van der Waals surface area contributed by atoms with E-state index in [0.29, 0.717) is 23.0 Å². The van der Waals surface area contributed by atoms with E-state index < -0.39 is 15.8 Å². The zero-order valence-corrected chi connectivity index (χ0v) is 19.3. The number of amidine groups is 1. The summed E-state index contributed by atoms with van der Waals surface area (Å²) in [6, 6.07) is 10.7. The lowest BCUT2D eigenvalue weighted by Gasteiger charge is -2.17. The van der Waals surface area contributed by atoms with Gasteiger partial charge in [0.05, 0.1) is 24.1 Å². The van der Waals surface area contributed by atoms with Crippen molar-refractivity contribution < 1.29 is 22.3 Å². The molecule has 1 saturated heterocycles. The maximum absolute atomic E-state index is 14.0. The average molecular weight is 466 g/mol. The molecule has 1 aliphatic heterocycles. The molecule has 2 aromatic carbocycles. The molecule has 31 heavy (non-hydrogen) atoms. The minimum absolute atomic E-state index is 0.0161. The molecule has 0 N–H and O–H groups in total. The molecule has 1 fully saturated rings. The number of benzene rings is 2. The summed E-state index contributed by atoms with van der Waals surface area (Å²) in [5.41, 5.74) is 0.971. The van der Waals surface area contributed by atoms with Crippen LogP contribution in [0.1, 0.15) is 12.5 Å².